The summed E-state index contributed by atoms with van der Waals surface area (Å²) in [7, 11) is 0. The number of benzene rings is 3. The summed E-state index contributed by atoms with van der Waals surface area (Å²) >= 11 is 7.87. The molecule has 148 valence electrons. The summed E-state index contributed by atoms with van der Waals surface area (Å²) in [5.74, 6) is 0.108. The van der Waals surface area contributed by atoms with Crippen LogP contribution in [0.1, 0.15) is 16.7 Å². The molecule has 0 saturated heterocycles. The highest BCUT2D eigenvalue weighted by Gasteiger charge is 2.07. The number of rotatable bonds is 8. The number of hydrogen-bond donors (Lipinski definition) is 1. The molecule has 0 atom stereocenters. The third-order valence-electron chi connectivity index (χ3n) is 4.21. The number of hydrogen-bond acceptors (Lipinski definition) is 3. The second kappa shape index (κ2) is 10.2. The molecule has 0 fully saturated rings. The predicted molar refractivity (Wildman–Crippen MR) is 120 cm³/mol. The zero-order valence-electron chi connectivity index (χ0n) is 16.0. The Morgan fingerprint density at radius 2 is 1.79 bits per heavy atom. The van der Waals surface area contributed by atoms with Crippen LogP contribution in [0.3, 0.4) is 0 Å². The highest BCUT2D eigenvalue weighted by Crippen LogP contribution is 2.31. The topological polar surface area (TPSA) is 46.5 Å². The molecule has 0 saturated carbocycles. The molecule has 3 rings (SSSR count). The van der Waals surface area contributed by atoms with Gasteiger partial charge in [0.1, 0.15) is 5.75 Å². The third kappa shape index (κ3) is 6.14. The highest BCUT2D eigenvalue weighted by atomic mass is 35.5. The summed E-state index contributed by atoms with van der Waals surface area (Å²) in [6.07, 6.45) is 2.22. The Balaban J connectivity index is 1.76. The molecule has 0 radical (unpaired) electrons. The summed E-state index contributed by atoms with van der Waals surface area (Å²) in [6, 6.07) is 24.2. The van der Waals surface area contributed by atoms with Crippen molar-refractivity contribution in [3.8, 4) is 5.75 Å². The molecule has 1 N–H and O–H groups in total. The molecular formula is C24H21ClO3S. The van der Waals surface area contributed by atoms with Crippen LogP contribution in [-0.2, 0) is 4.79 Å². The van der Waals surface area contributed by atoms with Crippen molar-refractivity contribution in [2.24, 2.45) is 0 Å². The monoisotopic (exact) mass is 424 g/mol. The second-order valence-corrected chi connectivity index (χ2v) is 7.94. The van der Waals surface area contributed by atoms with Crippen LogP contribution in [0, 0.1) is 6.92 Å². The number of halogens is 1. The average Bonchev–Trinajstić information content (AvgIpc) is 2.71. The van der Waals surface area contributed by atoms with Gasteiger partial charge in [-0.25, -0.2) is 4.79 Å². The van der Waals surface area contributed by atoms with Crippen molar-refractivity contribution < 1.29 is 14.6 Å². The smallest absolute Gasteiger partial charge is 0.341 e. The van der Waals surface area contributed by atoms with E-state index in [0.717, 1.165) is 10.6 Å². The Morgan fingerprint density at radius 3 is 2.48 bits per heavy atom. The largest absolute Gasteiger partial charge is 0.480 e. The fourth-order valence-electron chi connectivity index (χ4n) is 2.88. The number of carbonyl (C=O) groups is 1. The predicted octanol–water partition coefficient (Wildman–Crippen LogP) is 6.34. The number of aliphatic carboxylic acids is 1. The van der Waals surface area contributed by atoms with Crippen LogP contribution in [-0.4, -0.2) is 23.4 Å². The Morgan fingerprint density at radius 1 is 1.03 bits per heavy atom. The van der Waals surface area contributed by atoms with Gasteiger partial charge in [0.05, 0.1) is 5.02 Å². The van der Waals surface area contributed by atoms with Gasteiger partial charge in [-0.15, -0.1) is 11.8 Å². The van der Waals surface area contributed by atoms with E-state index < -0.39 is 12.6 Å². The molecule has 0 unspecified atom stereocenters. The zero-order chi connectivity index (χ0) is 20.6. The summed E-state index contributed by atoms with van der Waals surface area (Å²) < 4.78 is 5.17. The van der Waals surface area contributed by atoms with Crippen molar-refractivity contribution in [3.63, 3.8) is 0 Å². The van der Waals surface area contributed by atoms with Gasteiger partial charge in [0.2, 0.25) is 0 Å². The molecule has 0 aromatic heterocycles. The third-order valence-corrected chi connectivity index (χ3v) is 5.42. The maximum absolute atomic E-state index is 10.6. The lowest BCUT2D eigenvalue weighted by Crippen LogP contribution is -2.09. The van der Waals surface area contributed by atoms with Crippen LogP contribution < -0.4 is 4.74 Å². The van der Waals surface area contributed by atoms with Crippen LogP contribution in [0.2, 0.25) is 5.02 Å². The van der Waals surface area contributed by atoms with Crippen molar-refractivity contribution in [2.75, 3.05) is 12.4 Å². The van der Waals surface area contributed by atoms with Crippen molar-refractivity contribution in [1.82, 2.24) is 0 Å². The second-order valence-electron chi connectivity index (χ2n) is 6.44. The van der Waals surface area contributed by atoms with E-state index in [1.165, 1.54) is 22.3 Å². The molecule has 3 aromatic carbocycles. The van der Waals surface area contributed by atoms with E-state index in [1.807, 2.05) is 24.3 Å². The first-order valence-electron chi connectivity index (χ1n) is 9.12. The van der Waals surface area contributed by atoms with Gasteiger partial charge in [-0.2, -0.15) is 0 Å². The van der Waals surface area contributed by atoms with Crippen LogP contribution in [0.25, 0.3) is 5.57 Å². The van der Waals surface area contributed by atoms with E-state index in [4.69, 9.17) is 21.4 Å². The lowest BCUT2D eigenvalue weighted by molar-refractivity contribution is -0.139. The zero-order valence-corrected chi connectivity index (χ0v) is 17.5. The van der Waals surface area contributed by atoms with E-state index in [0.29, 0.717) is 10.8 Å². The van der Waals surface area contributed by atoms with Crippen molar-refractivity contribution >= 4 is 34.9 Å². The summed E-state index contributed by atoms with van der Waals surface area (Å²) in [5.41, 5.74) is 4.77. The molecule has 0 amide bonds. The van der Waals surface area contributed by atoms with Gasteiger partial charge >= 0.3 is 5.97 Å². The lowest BCUT2D eigenvalue weighted by atomic mass is 9.97. The summed E-state index contributed by atoms with van der Waals surface area (Å²) in [4.78, 5) is 11.6. The van der Waals surface area contributed by atoms with Crippen LogP contribution in [0.4, 0.5) is 0 Å². The minimum absolute atomic E-state index is 0.374. The number of carboxylic acid groups (broad SMARTS) is 1. The van der Waals surface area contributed by atoms with E-state index in [9.17, 15) is 4.79 Å². The normalized spacial score (nSPS) is 11.3. The SMILES string of the molecule is Cc1cccc(/C(=C\CSc2ccc(OCC(=O)O)c(Cl)c2)c2ccccc2)c1. The van der Waals surface area contributed by atoms with Gasteiger partial charge in [0.15, 0.2) is 6.61 Å². The highest BCUT2D eigenvalue weighted by molar-refractivity contribution is 7.99. The molecule has 3 nitrogen and oxygen atoms in total. The molecule has 0 aliphatic carbocycles. The van der Waals surface area contributed by atoms with E-state index in [-0.39, 0.29) is 0 Å². The number of thioether (sulfide) groups is 1. The van der Waals surface area contributed by atoms with Gasteiger partial charge in [0.25, 0.3) is 0 Å². The van der Waals surface area contributed by atoms with Gasteiger partial charge in [0, 0.05) is 10.6 Å². The van der Waals surface area contributed by atoms with Crippen molar-refractivity contribution in [3.05, 3.63) is 101 Å². The molecule has 29 heavy (non-hydrogen) atoms. The average molecular weight is 425 g/mol. The Hall–Kier alpha value is -2.69. The lowest BCUT2D eigenvalue weighted by Gasteiger charge is -2.10. The Bertz CT molecular complexity index is 1020. The minimum atomic E-state index is -1.03. The molecule has 0 bridgehead atoms. The molecule has 5 heteroatoms. The number of aryl methyl sites for hydroxylation is 1. The first-order valence-corrected chi connectivity index (χ1v) is 10.5. The maximum Gasteiger partial charge on any atom is 0.341 e. The van der Waals surface area contributed by atoms with Gasteiger partial charge in [-0.3, -0.25) is 0 Å². The van der Waals surface area contributed by atoms with E-state index in [2.05, 4.69) is 49.4 Å². The first kappa shape index (κ1) is 21.0. The van der Waals surface area contributed by atoms with Crippen molar-refractivity contribution in [1.29, 1.82) is 0 Å². The van der Waals surface area contributed by atoms with Crippen LogP contribution in [0.5, 0.6) is 5.75 Å². The molecule has 0 aliphatic heterocycles. The standard InChI is InChI=1S/C24H21ClO3S/c1-17-6-5-9-19(14-17)21(18-7-3-2-4-8-18)12-13-29-20-10-11-23(22(25)15-20)28-16-24(26)27/h2-12,14-15H,13,16H2,1H3,(H,26,27)/b21-12-. The number of ether oxygens (including phenoxy) is 1. The Labute approximate surface area is 180 Å². The number of carboxylic acids is 1. The minimum Gasteiger partial charge on any atom is -0.480 e. The van der Waals surface area contributed by atoms with Gasteiger partial charge in [-0.1, -0.05) is 77.8 Å². The molecule has 0 aliphatic rings. The van der Waals surface area contributed by atoms with E-state index >= 15 is 0 Å². The maximum atomic E-state index is 10.6. The molecule has 0 spiro atoms. The molecular weight excluding hydrogens is 404 g/mol. The van der Waals surface area contributed by atoms with Crippen LogP contribution in [0.15, 0.2) is 83.8 Å². The fourth-order valence-corrected chi connectivity index (χ4v) is 3.99. The molecule has 0 heterocycles. The summed E-state index contributed by atoms with van der Waals surface area (Å²) in [5, 5.41) is 9.12. The Kier molecular flexibility index (Phi) is 7.39. The molecule has 3 aromatic rings. The fraction of sp³-hybridized carbons (Fsp3) is 0.125. The quantitative estimate of drug-likeness (QED) is 0.429. The van der Waals surface area contributed by atoms with Gasteiger partial charge < -0.3 is 9.84 Å². The summed E-state index contributed by atoms with van der Waals surface area (Å²) in [6.45, 7) is 1.68. The van der Waals surface area contributed by atoms with Crippen molar-refractivity contribution in [2.45, 2.75) is 11.8 Å². The van der Waals surface area contributed by atoms with E-state index in [1.54, 1.807) is 23.9 Å². The van der Waals surface area contributed by atoms with Gasteiger partial charge in [-0.05, 0) is 41.8 Å². The first-order chi connectivity index (χ1) is 14.0. The van der Waals surface area contributed by atoms with Crippen LogP contribution >= 0.6 is 23.4 Å².